The highest BCUT2D eigenvalue weighted by Gasteiger charge is 2.23. The van der Waals surface area contributed by atoms with E-state index in [-0.39, 0.29) is 0 Å². The van der Waals surface area contributed by atoms with Gasteiger partial charge in [-0.1, -0.05) is 52.3 Å². The minimum atomic E-state index is 0.292. The molecule has 0 saturated carbocycles. The molecule has 2 heterocycles. The van der Waals surface area contributed by atoms with Crippen LogP contribution in [0, 0.1) is 0 Å². The number of nitrogens with zero attached hydrogens (tertiary/aromatic N) is 4. The van der Waals surface area contributed by atoms with Gasteiger partial charge < -0.3 is 5.32 Å². The van der Waals surface area contributed by atoms with Crippen LogP contribution in [0.4, 0.5) is 0 Å². The zero-order valence-electron chi connectivity index (χ0n) is 12.5. The van der Waals surface area contributed by atoms with Crippen molar-refractivity contribution < 1.29 is 0 Å². The SMILES string of the molecule is Brc1ccc2c(c1)-c1nnnn1CC(NCc1ccccc1)C2. The fraction of sp³-hybridized carbons (Fsp3) is 0.235. The zero-order valence-corrected chi connectivity index (χ0v) is 14.1. The van der Waals surface area contributed by atoms with Crippen molar-refractivity contribution in [2.24, 2.45) is 0 Å². The van der Waals surface area contributed by atoms with Gasteiger partial charge in [-0.2, -0.15) is 0 Å². The van der Waals surface area contributed by atoms with Crippen molar-refractivity contribution in [2.75, 3.05) is 0 Å². The first-order valence-electron chi connectivity index (χ1n) is 7.62. The Labute approximate surface area is 142 Å². The second-order valence-corrected chi connectivity index (χ2v) is 6.67. The van der Waals surface area contributed by atoms with Crippen LogP contribution in [0.2, 0.25) is 0 Å². The summed E-state index contributed by atoms with van der Waals surface area (Å²) in [5.74, 6) is 0.838. The molecule has 0 aliphatic carbocycles. The van der Waals surface area contributed by atoms with Crippen LogP contribution < -0.4 is 5.32 Å². The standard InChI is InChI=1S/C17H16BrN5/c18-14-7-6-13-8-15(19-10-12-4-2-1-3-5-12)11-23-17(16(13)9-14)20-21-22-23/h1-7,9,15,19H,8,10-11H2. The Hall–Kier alpha value is -2.05. The van der Waals surface area contributed by atoms with Gasteiger partial charge in [-0.15, -0.1) is 5.10 Å². The lowest BCUT2D eigenvalue weighted by atomic mass is 10.0. The Morgan fingerprint density at radius 2 is 2.04 bits per heavy atom. The van der Waals surface area contributed by atoms with Gasteiger partial charge in [-0.3, -0.25) is 0 Å². The molecule has 23 heavy (non-hydrogen) atoms. The quantitative estimate of drug-likeness (QED) is 0.771. The minimum Gasteiger partial charge on any atom is -0.308 e. The number of tetrazole rings is 1. The van der Waals surface area contributed by atoms with Crippen molar-refractivity contribution in [3.8, 4) is 11.4 Å². The van der Waals surface area contributed by atoms with Crippen molar-refractivity contribution in [3.63, 3.8) is 0 Å². The van der Waals surface area contributed by atoms with E-state index in [1.54, 1.807) is 0 Å². The second kappa shape index (κ2) is 6.22. The Balaban J connectivity index is 1.61. The molecule has 0 fully saturated rings. The predicted octanol–water partition coefficient (Wildman–Crippen LogP) is 2.82. The summed E-state index contributed by atoms with van der Waals surface area (Å²) in [6, 6.07) is 17.1. The van der Waals surface area contributed by atoms with Crippen LogP contribution in [0.25, 0.3) is 11.4 Å². The third-order valence-corrected chi connectivity index (χ3v) is 4.64. The molecule has 1 atom stereocenters. The van der Waals surface area contributed by atoms with Crippen LogP contribution in [-0.2, 0) is 19.5 Å². The lowest BCUT2D eigenvalue weighted by molar-refractivity contribution is 0.424. The summed E-state index contributed by atoms with van der Waals surface area (Å²) in [6.07, 6.45) is 0.945. The lowest BCUT2D eigenvalue weighted by Crippen LogP contribution is -2.34. The van der Waals surface area contributed by atoms with Crippen molar-refractivity contribution >= 4 is 15.9 Å². The van der Waals surface area contributed by atoms with E-state index in [0.717, 1.165) is 35.4 Å². The van der Waals surface area contributed by atoms with Crippen molar-refractivity contribution in [2.45, 2.75) is 25.6 Å². The number of hydrogen-bond donors (Lipinski definition) is 1. The van der Waals surface area contributed by atoms with Gasteiger partial charge in [0.25, 0.3) is 0 Å². The van der Waals surface area contributed by atoms with E-state index in [2.05, 4.69) is 79.2 Å². The first-order valence-corrected chi connectivity index (χ1v) is 8.41. The molecule has 0 bridgehead atoms. The molecule has 116 valence electrons. The van der Waals surface area contributed by atoms with Crippen LogP contribution in [0.5, 0.6) is 0 Å². The Morgan fingerprint density at radius 3 is 2.91 bits per heavy atom. The average Bonchev–Trinajstić information content (AvgIpc) is 2.97. The summed E-state index contributed by atoms with van der Waals surface area (Å²) in [4.78, 5) is 0. The van der Waals surface area contributed by atoms with Gasteiger partial charge >= 0.3 is 0 Å². The third-order valence-electron chi connectivity index (χ3n) is 4.14. The Kier molecular flexibility index (Phi) is 3.93. The van der Waals surface area contributed by atoms with Crippen LogP contribution >= 0.6 is 15.9 Å². The molecule has 6 heteroatoms. The first-order chi connectivity index (χ1) is 11.3. The molecule has 3 aromatic rings. The smallest absolute Gasteiger partial charge is 0.182 e. The van der Waals surface area contributed by atoms with E-state index < -0.39 is 0 Å². The summed E-state index contributed by atoms with van der Waals surface area (Å²) >= 11 is 3.54. The number of fused-ring (bicyclic) bond motifs is 3. The lowest BCUT2D eigenvalue weighted by Gasteiger charge is -2.17. The van der Waals surface area contributed by atoms with E-state index in [1.807, 2.05) is 10.7 Å². The summed E-state index contributed by atoms with van der Waals surface area (Å²) in [5, 5.41) is 15.8. The van der Waals surface area contributed by atoms with Crippen molar-refractivity contribution in [1.82, 2.24) is 25.5 Å². The number of halogens is 1. The summed E-state index contributed by atoms with van der Waals surface area (Å²) in [7, 11) is 0. The van der Waals surface area contributed by atoms with Crippen LogP contribution in [-0.4, -0.2) is 26.2 Å². The molecule has 4 rings (SSSR count). The molecule has 1 aliphatic heterocycles. The molecular formula is C17H16BrN5. The number of rotatable bonds is 3. The highest BCUT2D eigenvalue weighted by atomic mass is 79.9. The molecule has 1 unspecified atom stereocenters. The van der Waals surface area contributed by atoms with Gasteiger partial charge in [-0.05, 0) is 40.1 Å². The monoisotopic (exact) mass is 369 g/mol. The largest absolute Gasteiger partial charge is 0.308 e. The van der Waals surface area contributed by atoms with Gasteiger partial charge in [0.2, 0.25) is 0 Å². The molecule has 1 aliphatic rings. The predicted molar refractivity (Wildman–Crippen MR) is 91.7 cm³/mol. The molecule has 1 N–H and O–H groups in total. The Morgan fingerprint density at radius 1 is 1.17 bits per heavy atom. The topological polar surface area (TPSA) is 55.6 Å². The molecule has 0 spiro atoms. The molecule has 0 amide bonds. The number of hydrogen-bond acceptors (Lipinski definition) is 4. The van der Waals surface area contributed by atoms with Crippen molar-refractivity contribution in [1.29, 1.82) is 0 Å². The first kappa shape index (κ1) is 14.5. The van der Waals surface area contributed by atoms with Crippen LogP contribution in [0.3, 0.4) is 0 Å². The number of nitrogens with one attached hydrogen (secondary N) is 1. The van der Waals surface area contributed by atoms with Gasteiger partial charge in [0.15, 0.2) is 5.82 Å². The third kappa shape index (κ3) is 3.04. The Bertz CT molecular complexity index is 815. The molecule has 5 nitrogen and oxygen atoms in total. The van der Waals surface area contributed by atoms with Crippen LogP contribution in [0.15, 0.2) is 53.0 Å². The van der Waals surface area contributed by atoms with Gasteiger partial charge in [0, 0.05) is 22.6 Å². The molecular weight excluding hydrogens is 354 g/mol. The van der Waals surface area contributed by atoms with E-state index >= 15 is 0 Å². The van der Waals surface area contributed by atoms with E-state index in [1.165, 1.54) is 11.1 Å². The fourth-order valence-electron chi connectivity index (χ4n) is 2.99. The van der Waals surface area contributed by atoms with Crippen molar-refractivity contribution in [3.05, 3.63) is 64.1 Å². The van der Waals surface area contributed by atoms with Gasteiger partial charge in [0.05, 0.1) is 6.54 Å². The number of benzene rings is 2. The molecule has 0 saturated heterocycles. The summed E-state index contributed by atoms with van der Waals surface area (Å²) in [6.45, 7) is 1.61. The molecule has 2 aromatic carbocycles. The van der Waals surface area contributed by atoms with E-state index in [9.17, 15) is 0 Å². The maximum atomic E-state index is 4.21. The van der Waals surface area contributed by atoms with E-state index in [0.29, 0.717) is 6.04 Å². The normalized spacial score (nSPS) is 16.5. The summed E-state index contributed by atoms with van der Waals surface area (Å²) < 4.78 is 2.93. The fourth-order valence-corrected chi connectivity index (χ4v) is 3.35. The maximum absolute atomic E-state index is 4.21. The highest BCUT2D eigenvalue weighted by molar-refractivity contribution is 9.10. The van der Waals surface area contributed by atoms with E-state index in [4.69, 9.17) is 0 Å². The molecule has 1 aromatic heterocycles. The maximum Gasteiger partial charge on any atom is 0.182 e. The molecule has 0 radical (unpaired) electrons. The van der Waals surface area contributed by atoms with Crippen LogP contribution in [0.1, 0.15) is 11.1 Å². The zero-order chi connectivity index (χ0) is 15.6. The average molecular weight is 370 g/mol. The highest BCUT2D eigenvalue weighted by Crippen LogP contribution is 2.29. The number of aromatic nitrogens is 4. The van der Waals surface area contributed by atoms with Gasteiger partial charge in [0.1, 0.15) is 0 Å². The minimum absolute atomic E-state index is 0.292. The van der Waals surface area contributed by atoms with Gasteiger partial charge in [-0.25, -0.2) is 4.68 Å². The summed E-state index contributed by atoms with van der Waals surface area (Å²) in [5.41, 5.74) is 3.66. The second-order valence-electron chi connectivity index (χ2n) is 5.75.